The number of unbranched alkanes of at least 4 members (excludes halogenated alkanes) is 7. The molecule has 0 saturated heterocycles. The van der Waals surface area contributed by atoms with Gasteiger partial charge in [-0.15, -0.1) is 0 Å². The Morgan fingerprint density at radius 1 is 0.756 bits per heavy atom. The van der Waals surface area contributed by atoms with E-state index in [-0.39, 0.29) is 10.8 Å². The molecule has 0 heterocycles. The molecule has 0 aromatic heterocycles. The monoisotopic (exact) mass is 577 g/mol. The van der Waals surface area contributed by atoms with E-state index in [1.807, 2.05) is 61.5 Å². The molecule has 3 aromatic carbocycles. The van der Waals surface area contributed by atoms with E-state index >= 15 is 0 Å². The van der Waals surface area contributed by atoms with Crippen molar-refractivity contribution < 1.29 is 13.2 Å². The highest BCUT2D eigenvalue weighted by Gasteiger charge is 2.25. The molecule has 220 valence electrons. The van der Waals surface area contributed by atoms with Crippen LogP contribution in [0.1, 0.15) is 64.7 Å². The van der Waals surface area contributed by atoms with Gasteiger partial charge < -0.3 is 10.2 Å². The second kappa shape index (κ2) is 16.6. The van der Waals surface area contributed by atoms with Gasteiger partial charge in [0.15, 0.2) is 0 Å². The van der Waals surface area contributed by atoms with Crippen LogP contribution in [0.15, 0.2) is 94.0 Å². The number of hydrogen-bond acceptors (Lipinski definition) is 6. The summed E-state index contributed by atoms with van der Waals surface area (Å²) < 4.78 is 29.2. The molecule has 9 heteroatoms. The van der Waals surface area contributed by atoms with Gasteiger partial charge in [0.2, 0.25) is 15.9 Å². The zero-order valence-electron chi connectivity index (χ0n) is 24.4. The predicted molar refractivity (Wildman–Crippen MR) is 168 cm³/mol. The molecule has 0 spiro atoms. The zero-order chi connectivity index (χ0) is 29.5. The molecule has 41 heavy (non-hydrogen) atoms. The van der Waals surface area contributed by atoms with E-state index in [0.717, 1.165) is 31.4 Å². The summed E-state index contributed by atoms with van der Waals surface area (Å²) in [5.74, 6) is -0.367. The lowest BCUT2D eigenvalue weighted by Crippen LogP contribution is -2.43. The van der Waals surface area contributed by atoms with Crippen molar-refractivity contribution in [3.05, 3.63) is 78.9 Å². The molecule has 1 amide bonds. The van der Waals surface area contributed by atoms with E-state index in [1.54, 1.807) is 24.3 Å². The van der Waals surface area contributed by atoms with Crippen LogP contribution >= 0.6 is 0 Å². The summed E-state index contributed by atoms with van der Waals surface area (Å²) in [4.78, 5) is 15.2. The maximum absolute atomic E-state index is 13.3. The fourth-order valence-corrected chi connectivity index (χ4v) is 5.59. The number of sulfonamides is 1. The molecule has 3 aromatic rings. The van der Waals surface area contributed by atoms with E-state index < -0.39 is 16.1 Å². The smallest absolute Gasteiger partial charge is 0.242 e. The lowest BCUT2D eigenvalue weighted by atomic mass is 10.0. The largest absolute Gasteiger partial charge is 0.378 e. The molecule has 2 N–H and O–H groups in total. The van der Waals surface area contributed by atoms with Gasteiger partial charge in [-0.1, -0.05) is 76.5 Å². The molecular weight excluding hydrogens is 534 g/mol. The standard InChI is InChI=1S/C32H43N5O3S/c1-4-5-6-7-8-9-10-14-17-31(32(38)33-26-15-12-11-13-16-26)36-41(39,40)30-24-20-28(21-25-30)35-34-27-18-22-29(23-19-27)37(2)3/h11-13,15-16,18-25,31,36H,4-10,14,17H2,1-3H3,(H,33,38). The molecular formula is C32H43N5O3S. The first-order chi connectivity index (χ1) is 19.8. The van der Waals surface area contributed by atoms with Gasteiger partial charge in [-0.05, 0) is 67.1 Å². The van der Waals surface area contributed by atoms with E-state index in [9.17, 15) is 13.2 Å². The van der Waals surface area contributed by atoms with Gasteiger partial charge in [-0.2, -0.15) is 15.0 Å². The Hall–Kier alpha value is -3.56. The van der Waals surface area contributed by atoms with Crippen LogP contribution in [0, 0.1) is 0 Å². The van der Waals surface area contributed by atoms with Crippen molar-refractivity contribution >= 4 is 38.7 Å². The number of para-hydroxylation sites is 1. The van der Waals surface area contributed by atoms with Crippen LogP contribution in [0.25, 0.3) is 0 Å². The summed E-state index contributed by atoms with van der Waals surface area (Å²) in [5, 5.41) is 11.3. The molecule has 3 rings (SSSR count). The third kappa shape index (κ3) is 11.1. The summed E-state index contributed by atoms with van der Waals surface area (Å²) in [5.41, 5.74) is 2.91. The van der Waals surface area contributed by atoms with Gasteiger partial charge in [0.1, 0.15) is 6.04 Å². The van der Waals surface area contributed by atoms with Gasteiger partial charge in [0, 0.05) is 25.5 Å². The third-order valence-electron chi connectivity index (χ3n) is 6.80. The van der Waals surface area contributed by atoms with Gasteiger partial charge in [0.25, 0.3) is 0 Å². The van der Waals surface area contributed by atoms with Gasteiger partial charge >= 0.3 is 0 Å². The molecule has 0 aliphatic carbocycles. The first kappa shape index (κ1) is 32.0. The fraction of sp³-hybridized carbons (Fsp3) is 0.406. The fourth-order valence-electron chi connectivity index (χ4n) is 4.36. The van der Waals surface area contributed by atoms with Crippen LogP contribution in [0.2, 0.25) is 0 Å². The minimum atomic E-state index is -3.94. The van der Waals surface area contributed by atoms with Crippen molar-refractivity contribution in [1.29, 1.82) is 0 Å². The van der Waals surface area contributed by atoms with Gasteiger partial charge in [-0.25, -0.2) is 8.42 Å². The average molecular weight is 578 g/mol. The maximum atomic E-state index is 13.3. The summed E-state index contributed by atoms with van der Waals surface area (Å²) in [6.07, 6.45) is 9.34. The number of amides is 1. The number of benzene rings is 3. The number of rotatable bonds is 17. The summed E-state index contributed by atoms with van der Waals surface area (Å²) in [7, 11) is -0.00373. The topological polar surface area (TPSA) is 103 Å². The minimum absolute atomic E-state index is 0.0696. The Morgan fingerprint density at radius 3 is 1.85 bits per heavy atom. The third-order valence-corrected chi connectivity index (χ3v) is 8.28. The minimum Gasteiger partial charge on any atom is -0.378 e. The number of carbonyl (C=O) groups is 1. The highest BCUT2D eigenvalue weighted by molar-refractivity contribution is 7.89. The number of carbonyl (C=O) groups excluding carboxylic acids is 1. The molecule has 8 nitrogen and oxygen atoms in total. The Bertz CT molecular complexity index is 1330. The number of nitrogens with zero attached hydrogens (tertiary/aromatic N) is 3. The Kier molecular flexibility index (Phi) is 13.0. The Morgan fingerprint density at radius 2 is 1.29 bits per heavy atom. The summed E-state index contributed by atoms with van der Waals surface area (Å²) in [6.45, 7) is 2.20. The summed E-state index contributed by atoms with van der Waals surface area (Å²) in [6, 6.07) is 22.0. The number of azo groups is 1. The van der Waals surface area contributed by atoms with Gasteiger partial charge in [-0.3, -0.25) is 4.79 Å². The average Bonchev–Trinajstić information content (AvgIpc) is 2.97. The molecule has 0 bridgehead atoms. The van der Waals surface area contributed by atoms with E-state index in [4.69, 9.17) is 0 Å². The van der Waals surface area contributed by atoms with Crippen LogP contribution in [0.3, 0.4) is 0 Å². The molecule has 0 aliphatic heterocycles. The maximum Gasteiger partial charge on any atom is 0.242 e. The van der Waals surface area contributed by atoms with Crippen LogP contribution in [-0.4, -0.2) is 34.5 Å². The molecule has 1 atom stereocenters. The number of nitrogens with one attached hydrogen (secondary N) is 2. The van der Waals surface area contributed by atoms with Crippen molar-refractivity contribution in [2.45, 2.75) is 75.6 Å². The lowest BCUT2D eigenvalue weighted by Gasteiger charge is -2.19. The highest BCUT2D eigenvalue weighted by atomic mass is 32.2. The first-order valence-electron chi connectivity index (χ1n) is 14.5. The second-order valence-corrected chi connectivity index (χ2v) is 12.1. The van der Waals surface area contributed by atoms with Crippen molar-refractivity contribution in [3.8, 4) is 0 Å². The van der Waals surface area contributed by atoms with Crippen molar-refractivity contribution in [3.63, 3.8) is 0 Å². The van der Waals surface area contributed by atoms with E-state index in [2.05, 4.69) is 27.2 Å². The van der Waals surface area contributed by atoms with Crippen molar-refractivity contribution in [2.24, 2.45) is 10.2 Å². The lowest BCUT2D eigenvalue weighted by molar-refractivity contribution is -0.117. The van der Waals surface area contributed by atoms with Crippen LogP contribution in [0.5, 0.6) is 0 Å². The summed E-state index contributed by atoms with van der Waals surface area (Å²) >= 11 is 0. The molecule has 0 aliphatic rings. The van der Waals surface area contributed by atoms with E-state index in [1.165, 1.54) is 37.8 Å². The molecule has 0 radical (unpaired) electrons. The van der Waals surface area contributed by atoms with Crippen LogP contribution in [-0.2, 0) is 14.8 Å². The number of anilines is 2. The zero-order valence-corrected chi connectivity index (χ0v) is 25.2. The van der Waals surface area contributed by atoms with Gasteiger partial charge in [0.05, 0.1) is 16.3 Å². The SMILES string of the molecule is CCCCCCCCCCC(NS(=O)(=O)c1ccc(N=Nc2ccc(N(C)C)cc2)cc1)C(=O)Nc1ccccc1. The molecule has 0 fully saturated rings. The molecule has 0 saturated carbocycles. The highest BCUT2D eigenvalue weighted by Crippen LogP contribution is 2.23. The second-order valence-electron chi connectivity index (χ2n) is 10.4. The predicted octanol–water partition coefficient (Wildman–Crippen LogP) is 7.98. The Labute approximate surface area is 245 Å². The Balaban J connectivity index is 1.63. The first-order valence-corrected chi connectivity index (χ1v) is 15.9. The van der Waals surface area contributed by atoms with E-state index in [0.29, 0.717) is 23.5 Å². The van der Waals surface area contributed by atoms with Crippen molar-refractivity contribution in [1.82, 2.24) is 4.72 Å². The number of hydrogen-bond donors (Lipinski definition) is 2. The molecule has 1 unspecified atom stereocenters. The van der Waals surface area contributed by atoms with Crippen molar-refractivity contribution in [2.75, 3.05) is 24.3 Å². The van der Waals surface area contributed by atoms with Crippen LogP contribution < -0.4 is 14.9 Å². The van der Waals surface area contributed by atoms with Crippen LogP contribution in [0.4, 0.5) is 22.7 Å². The quantitative estimate of drug-likeness (QED) is 0.125. The normalized spacial score (nSPS) is 12.4.